The summed E-state index contributed by atoms with van der Waals surface area (Å²) in [5.41, 5.74) is 3.63. The predicted molar refractivity (Wildman–Crippen MR) is 117 cm³/mol. The Balaban J connectivity index is 1.94. The number of carbonyl (C=O) groups is 2. The number of rotatable bonds is 6. The first-order valence-electron chi connectivity index (χ1n) is 9.71. The molecule has 2 N–H and O–H groups in total. The molecule has 7 heteroatoms. The molecule has 0 unspecified atom stereocenters. The molecule has 0 atom stereocenters. The lowest BCUT2D eigenvalue weighted by Gasteiger charge is -2.12. The molecular weight excluding hydrogens is 380 g/mol. The lowest BCUT2D eigenvalue weighted by atomic mass is 10.1. The summed E-state index contributed by atoms with van der Waals surface area (Å²) in [6, 6.07) is 16.7. The molecule has 0 bridgehead atoms. The van der Waals surface area contributed by atoms with Crippen LogP contribution in [0.2, 0.25) is 0 Å². The Labute approximate surface area is 174 Å². The second-order valence-corrected chi connectivity index (χ2v) is 7.06. The van der Waals surface area contributed by atoms with Crippen LogP contribution in [0.15, 0.2) is 59.4 Å². The Morgan fingerprint density at radius 3 is 2.40 bits per heavy atom. The van der Waals surface area contributed by atoms with E-state index < -0.39 is 5.56 Å². The summed E-state index contributed by atoms with van der Waals surface area (Å²) in [6.07, 6.45) is 0.906. The Bertz CT molecular complexity index is 1130. The standard InChI is InChI=1S/C23H24N4O3/c1-4-17-8-10-18(11-9-17)20-13-21(24-16(3)28)23(30)27(26-20)14-22(29)25-19-7-5-6-15(2)12-19/h5-13H,4,14H2,1-3H3,(H,24,28)(H,25,29). The maximum atomic E-state index is 12.7. The molecule has 2 aromatic carbocycles. The lowest BCUT2D eigenvalue weighted by molar-refractivity contribution is -0.117. The molecule has 7 nitrogen and oxygen atoms in total. The van der Waals surface area contributed by atoms with Crippen LogP contribution in [0, 0.1) is 6.92 Å². The van der Waals surface area contributed by atoms with E-state index in [1.807, 2.05) is 49.4 Å². The predicted octanol–water partition coefficient (Wildman–Crippen LogP) is 3.38. The average Bonchev–Trinajstić information content (AvgIpc) is 2.70. The Kier molecular flexibility index (Phi) is 6.41. The molecule has 2 amide bonds. The SMILES string of the molecule is CCc1ccc(-c2cc(NC(C)=O)c(=O)n(CC(=O)Nc3cccc(C)c3)n2)cc1. The maximum Gasteiger partial charge on any atom is 0.291 e. The molecule has 0 saturated heterocycles. The minimum Gasteiger partial charge on any atom is -0.324 e. The van der Waals surface area contributed by atoms with Gasteiger partial charge in [-0.05, 0) is 42.7 Å². The summed E-state index contributed by atoms with van der Waals surface area (Å²) < 4.78 is 1.07. The summed E-state index contributed by atoms with van der Waals surface area (Å²) in [5, 5.41) is 9.66. The first kappa shape index (κ1) is 21.0. The van der Waals surface area contributed by atoms with E-state index >= 15 is 0 Å². The Hall–Kier alpha value is -3.74. The average molecular weight is 404 g/mol. The second-order valence-electron chi connectivity index (χ2n) is 7.06. The quantitative estimate of drug-likeness (QED) is 0.659. The van der Waals surface area contributed by atoms with E-state index in [0.717, 1.165) is 22.2 Å². The molecule has 1 heterocycles. The van der Waals surface area contributed by atoms with Crippen LogP contribution in [0.4, 0.5) is 11.4 Å². The zero-order valence-electron chi connectivity index (χ0n) is 17.2. The van der Waals surface area contributed by atoms with E-state index in [1.54, 1.807) is 6.07 Å². The van der Waals surface area contributed by atoms with Crippen molar-refractivity contribution in [1.82, 2.24) is 9.78 Å². The highest BCUT2D eigenvalue weighted by Crippen LogP contribution is 2.19. The van der Waals surface area contributed by atoms with E-state index in [0.29, 0.717) is 11.4 Å². The van der Waals surface area contributed by atoms with Gasteiger partial charge in [0.05, 0.1) is 5.69 Å². The highest BCUT2D eigenvalue weighted by atomic mass is 16.2. The molecule has 0 aliphatic rings. The van der Waals surface area contributed by atoms with Crippen molar-refractivity contribution in [2.45, 2.75) is 33.7 Å². The van der Waals surface area contributed by atoms with E-state index in [2.05, 4.69) is 22.7 Å². The van der Waals surface area contributed by atoms with Gasteiger partial charge in [-0.3, -0.25) is 14.4 Å². The van der Waals surface area contributed by atoms with Crippen molar-refractivity contribution in [3.63, 3.8) is 0 Å². The van der Waals surface area contributed by atoms with Gasteiger partial charge < -0.3 is 10.6 Å². The van der Waals surface area contributed by atoms with Crippen molar-refractivity contribution >= 4 is 23.2 Å². The third kappa shape index (κ3) is 5.20. The number of aromatic nitrogens is 2. The van der Waals surface area contributed by atoms with Gasteiger partial charge in [-0.2, -0.15) is 5.10 Å². The molecule has 0 aliphatic carbocycles. The van der Waals surface area contributed by atoms with Gasteiger partial charge in [-0.1, -0.05) is 43.3 Å². The maximum absolute atomic E-state index is 12.7. The van der Waals surface area contributed by atoms with Gasteiger partial charge in [0.15, 0.2) is 0 Å². The molecular formula is C23H24N4O3. The normalized spacial score (nSPS) is 10.5. The number of amides is 2. The number of hydrogen-bond acceptors (Lipinski definition) is 4. The van der Waals surface area contributed by atoms with Crippen molar-refractivity contribution in [2.75, 3.05) is 10.6 Å². The summed E-state index contributed by atoms with van der Waals surface area (Å²) in [6.45, 7) is 5.04. The fraction of sp³-hybridized carbons (Fsp3) is 0.217. The van der Waals surface area contributed by atoms with Gasteiger partial charge in [-0.25, -0.2) is 4.68 Å². The van der Waals surface area contributed by atoms with Crippen molar-refractivity contribution in [3.8, 4) is 11.3 Å². The van der Waals surface area contributed by atoms with E-state index in [1.165, 1.54) is 18.6 Å². The molecule has 3 aromatic rings. The number of hydrogen-bond donors (Lipinski definition) is 2. The zero-order chi connectivity index (χ0) is 21.7. The van der Waals surface area contributed by atoms with Gasteiger partial charge in [0, 0.05) is 18.2 Å². The molecule has 3 rings (SSSR count). The Morgan fingerprint density at radius 1 is 1.03 bits per heavy atom. The third-order valence-corrected chi connectivity index (χ3v) is 4.54. The van der Waals surface area contributed by atoms with Gasteiger partial charge in [0.25, 0.3) is 5.56 Å². The van der Waals surface area contributed by atoms with Crippen LogP contribution in [-0.2, 0) is 22.6 Å². The van der Waals surface area contributed by atoms with Crippen molar-refractivity contribution < 1.29 is 9.59 Å². The third-order valence-electron chi connectivity index (χ3n) is 4.54. The topological polar surface area (TPSA) is 93.1 Å². The molecule has 154 valence electrons. The largest absolute Gasteiger partial charge is 0.324 e. The van der Waals surface area contributed by atoms with Crippen LogP contribution in [0.5, 0.6) is 0 Å². The van der Waals surface area contributed by atoms with Gasteiger partial charge in [0.2, 0.25) is 11.8 Å². The highest BCUT2D eigenvalue weighted by molar-refractivity contribution is 5.91. The lowest BCUT2D eigenvalue weighted by Crippen LogP contribution is -2.32. The number of carbonyl (C=O) groups excluding carboxylic acids is 2. The van der Waals surface area contributed by atoms with Crippen LogP contribution in [0.3, 0.4) is 0 Å². The first-order chi connectivity index (χ1) is 14.4. The van der Waals surface area contributed by atoms with Gasteiger partial charge in [-0.15, -0.1) is 0 Å². The summed E-state index contributed by atoms with van der Waals surface area (Å²) in [7, 11) is 0. The van der Waals surface area contributed by atoms with Crippen LogP contribution < -0.4 is 16.2 Å². The minimum atomic E-state index is -0.543. The minimum absolute atomic E-state index is 0.0791. The van der Waals surface area contributed by atoms with Crippen molar-refractivity contribution in [2.24, 2.45) is 0 Å². The molecule has 1 aromatic heterocycles. The summed E-state index contributed by atoms with van der Waals surface area (Å²) >= 11 is 0. The fourth-order valence-electron chi connectivity index (χ4n) is 3.04. The van der Waals surface area contributed by atoms with Gasteiger partial charge in [0.1, 0.15) is 12.2 Å². The van der Waals surface area contributed by atoms with E-state index in [4.69, 9.17) is 0 Å². The van der Waals surface area contributed by atoms with Crippen molar-refractivity contribution in [3.05, 3.63) is 76.1 Å². The monoisotopic (exact) mass is 404 g/mol. The summed E-state index contributed by atoms with van der Waals surface area (Å²) in [5.74, 6) is -0.760. The van der Waals surface area contributed by atoms with Crippen molar-refractivity contribution in [1.29, 1.82) is 0 Å². The second kappa shape index (κ2) is 9.17. The van der Waals surface area contributed by atoms with Crippen LogP contribution in [-0.4, -0.2) is 21.6 Å². The highest BCUT2D eigenvalue weighted by Gasteiger charge is 2.14. The number of nitrogens with one attached hydrogen (secondary N) is 2. The summed E-state index contributed by atoms with van der Waals surface area (Å²) in [4.78, 5) is 36.8. The van der Waals surface area contributed by atoms with E-state index in [-0.39, 0.29) is 24.0 Å². The number of benzene rings is 2. The fourth-order valence-corrected chi connectivity index (χ4v) is 3.04. The number of nitrogens with zero attached hydrogens (tertiary/aromatic N) is 2. The molecule has 30 heavy (non-hydrogen) atoms. The van der Waals surface area contributed by atoms with Crippen LogP contribution in [0.25, 0.3) is 11.3 Å². The number of anilines is 2. The zero-order valence-corrected chi connectivity index (χ0v) is 17.2. The Morgan fingerprint density at radius 2 is 1.77 bits per heavy atom. The molecule has 0 radical (unpaired) electrons. The molecule has 0 fully saturated rings. The smallest absolute Gasteiger partial charge is 0.291 e. The van der Waals surface area contributed by atoms with Crippen LogP contribution in [0.1, 0.15) is 25.0 Å². The molecule has 0 aliphatic heterocycles. The van der Waals surface area contributed by atoms with Gasteiger partial charge >= 0.3 is 0 Å². The van der Waals surface area contributed by atoms with E-state index in [9.17, 15) is 14.4 Å². The number of aryl methyl sites for hydroxylation is 2. The van der Waals surface area contributed by atoms with Crippen LogP contribution >= 0.6 is 0 Å². The molecule has 0 spiro atoms. The molecule has 0 saturated carbocycles. The first-order valence-corrected chi connectivity index (χ1v) is 9.71.